The molecule has 88 valence electrons. The summed E-state index contributed by atoms with van der Waals surface area (Å²) in [4.78, 5) is 10.5. The Morgan fingerprint density at radius 3 is 2.81 bits per heavy atom. The minimum absolute atomic E-state index is 0.557. The highest BCUT2D eigenvalue weighted by Crippen LogP contribution is 2.09. The van der Waals surface area contributed by atoms with E-state index in [4.69, 9.17) is 10.8 Å². The van der Waals surface area contributed by atoms with Crippen LogP contribution in [-0.4, -0.2) is 17.1 Å². The van der Waals surface area contributed by atoms with E-state index in [0.717, 1.165) is 19.3 Å². The van der Waals surface area contributed by atoms with Crippen LogP contribution in [0.1, 0.15) is 30.4 Å². The Morgan fingerprint density at radius 2 is 2.19 bits per heavy atom. The molecule has 0 aromatic heterocycles. The van der Waals surface area contributed by atoms with Crippen molar-refractivity contribution < 1.29 is 9.90 Å². The molecule has 0 saturated heterocycles. The van der Waals surface area contributed by atoms with E-state index in [1.54, 1.807) is 0 Å². The van der Waals surface area contributed by atoms with Crippen molar-refractivity contribution in [1.82, 2.24) is 0 Å². The molecule has 0 amide bonds. The predicted octanol–water partition coefficient (Wildman–Crippen LogP) is 2.12. The van der Waals surface area contributed by atoms with Crippen LogP contribution in [0.2, 0.25) is 0 Å². The van der Waals surface area contributed by atoms with E-state index in [9.17, 15) is 4.79 Å². The lowest BCUT2D eigenvalue weighted by Gasteiger charge is -2.06. The Bertz CT molecular complexity index is 350. The van der Waals surface area contributed by atoms with Crippen LogP contribution >= 0.6 is 0 Å². The third-order valence-corrected chi connectivity index (χ3v) is 2.63. The minimum Gasteiger partial charge on any atom is -0.480 e. The van der Waals surface area contributed by atoms with E-state index in [0.29, 0.717) is 6.42 Å². The average Bonchev–Trinajstić information content (AvgIpc) is 2.24. The summed E-state index contributed by atoms with van der Waals surface area (Å²) in [5.41, 5.74) is 7.99. The Balaban J connectivity index is 2.23. The van der Waals surface area contributed by atoms with Crippen LogP contribution in [-0.2, 0) is 11.2 Å². The van der Waals surface area contributed by atoms with E-state index in [1.165, 1.54) is 11.1 Å². The molecule has 0 fully saturated rings. The fraction of sp³-hybridized carbons (Fsp3) is 0.462. The molecule has 1 atom stereocenters. The molecular weight excluding hydrogens is 202 g/mol. The summed E-state index contributed by atoms with van der Waals surface area (Å²) in [5, 5.41) is 8.61. The number of carboxylic acids is 1. The molecule has 16 heavy (non-hydrogen) atoms. The smallest absolute Gasteiger partial charge is 0.320 e. The highest BCUT2D eigenvalue weighted by molar-refractivity contribution is 5.72. The Hall–Kier alpha value is -1.35. The van der Waals surface area contributed by atoms with Gasteiger partial charge in [0.2, 0.25) is 0 Å². The zero-order valence-electron chi connectivity index (χ0n) is 9.65. The van der Waals surface area contributed by atoms with Crippen LogP contribution < -0.4 is 5.73 Å². The third-order valence-electron chi connectivity index (χ3n) is 2.63. The zero-order valence-corrected chi connectivity index (χ0v) is 9.65. The fourth-order valence-electron chi connectivity index (χ4n) is 1.68. The van der Waals surface area contributed by atoms with Gasteiger partial charge in [-0.1, -0.05) is 36.2 Å². The van der Waals surface area contributed by atoms with Crippen molar-refractivity contribution in [1.29, 1.82) is 0 Å². The monoisotopic (exact) mass is 221 g/mol. The van der Waals surface area contributed by atoms with Gasteiger partial charge in [-0.2, -0.15) is 0 Å². The summed E-state index contributed by atoms with van der Waals surface area (Å²) >= 11 is 0. The Morgan fingerprint density at radius 1 is 1.44 bits per heavy atom. The summed E-state index contributed by atoms with van der Waals surface area (Å²) in [6, 6.07) is 7.68. The fourth-order valence-corrected chi connectivity index (χ4v) is 1.68. The molecule has 3 nitrogen and oxygen atoms in total. The highest BCUT2D eigenvalue weighted by Gasteiger charge is 2.09. The molecule has 3 N–H and O–H groups in total. The molecule has 0 heterocycles. The third kappa shape index (κ3) is 4.45. The maximum absolute atomic E-state index is 10.5. The molecular formula is C13H19NO2. The summed E-state index contributed by atoms with van der Waals surface area (Å²) in [6.07, 6.45) is 3.40. The van der Waals surface area contributed by atoms with Crippen LogP contribution in [0.3, 0.4) is 0 Å². The number of nitrogens with two attached hydrogens (primary N) is 1. The standard InChI is InChI=1S/C13H19NO2/c1-10-5-4-7-11(9-10)6-2-3-8-12(14)13(15)16/h4-5,7,9,12H,2-3,6,8,14H2,1H3,(H,15,16). The lowest BCUT2D eigenvalue weighted by Crippen LogP contribution is -2.29. The lowest BCUT2D eigenvalue weighted by atomic mass is 10.0. The van der Waals surface area contributed by atoms with Crippen molar-refractivity contribution in [3.8, 4) is 0 Å². The number of hydrogen-bond acceptors (Lipinski definition) is 2. The SMILES string of the molecule is Cc1cccc(CCCCC(N)C(=O)O)c1. The molecule has 0 spiro atoms. The topological polar surface area (TPSA) is 63.3 Å². The van der Waals surface area contributed by atoms with Crippen LogP contribution in [0, 0.1) is 6.92 Å². The maximum atomic E-state index is 10.5. The second-order valence-corrected chi connectivity index (χ2v) is 4.18. The molecule has 0 aliphatic carbocycles. The number of aliphatic carboxylic acids is 1. The van der Waals surface area contributed by atoms with Crippen LogP contribution in [0.4, 0.5) is 0 Å². The summed E-state index contributed by atoms with van der Waals surface area (Å²) in [7, 11) is 0. The summed E-state index contributed by atoms with van der Waals surface area (Å²) in [5.74, 6) is -0.907. The van der Waals surface area contributed by atoms with E-state index >= 15 is 0 Å². The van der Waals surface area contributed by atoms with Gasteiger partial charge in [0.05, 0.1) is 0 Å². The van der Waals surface area contributed by atoms with Crippen molar-refractivity contribution in [2.45, 2.75) is 38.6 Å². The van der Waals surface area contributed by atoms with Gasteiger partial charge in [-0.3, -0.25) is 4.79 Å². The minimum atomic E-state index is -0.907. The molecule has 0 radical (unpaired) electrons. The van der Waals surface area contributed by atoms with Crippen molar-refractivity contribution in [3.05, 3.63) is 35.4 Å². The van der Waals surface area contributed by atoms with Crippen molar-refractivity contribution in [3.63, 3.8) is 0 Å². The van der Waals surface area contributed by atoms with Crippen molar-refractivity contribution in [2.24, 2.45) is 5.73 Å². The summed E-state index contributed by atoms with van der Waals surface area (Å²) < 4.78 is 0. The van der Waals surface area contributed by atoms with Gasteiger partial charge in [0, 0.05) is 0 Å². The normalized spacial score (nSPS) is 12.4. The number of rotatable bonds is 6. The first-order chi connectivity index (χ1) is 7.59. The lowest BCUT2D eigenvalue weighted by molar-refractivity contribution is -0.138. The zero-order chi connectivity index (χ0) is 12.0. The molecule has 0 aliphatic rings. The molecule has 1 rings (SSSR count). The van der Waals surface area contributed by atoms with Crippen LogP contribution in [0.25, 0.3) is 0 Å². The van der Waals surface area contributed by atoms with E-state index in [2.05, 4.69) is 25.1 Å². The molecule has 1 aromatic rings. The molecule has 0 aliphatic heterocycles. The van der Waals surface area contributed by atoms with Crippen LogP contribution in [0.15, 0.2) is 24.3 Å². The second-order valence-electron chi connectivity index (χ2n) is 4.18. The second kappa shape index (κ2) is 6.28. The van der Waals surface area contributed by atoms with Crippen molar-refractivity contribution in [2.75, 3.05) is 0 Å². The van der Waals surface area contributed by atoms with Gasteiger partial charge in [-0.05, 0) is 31.7 Å². The number of aryl methyl sites for hydroxylation is 2. The van der Waals surface area contributed by atoms with Gasteiger partial charge in [0.25, 0.3) is 0 Å². The van der Waals surface area contributed by atoms with Gasteiger partial charge in [-0.15, -0.1) is 0 Å². The highest BCUT2D eigenvalue weighted by atomic mass is 16.4. The first-order valence-corrected chi connectivity index (χ1v) is 5.63. The quantitative estimate of drug-likeness (QED) is 0.723. The van der Waals surface area contributed by atoms with E-state index in [-0.39, 0.29) is 0 Å². The molecule has 1 unspecified atom stereocenters. The van der Waals surface area contributed by atoms with Gasteiger partial charge >= 0.3 is 5.97 Å². The number of unbranched alkanes of at least 4 members (excludes halogenated alkanes) is 1. The van der Waals surface area contributed by atoms with E-state index in [1.807, 2.05) is 6.07 Å². The summed E-state index contributed by atoms with van der Waals surface area (Å²) in [6.45, 7) is 2.07. The molecule has 1 aromatic carbocycles. The number of carbonyl (C=O) groups is 1. The van der Waals surface area contributed by atoms with Gasteiger partial charge in [-0.25, -0.2) is 0 Å². The Labute approximate surface area is 96.3 Å². The largest absolute Gasteiger partial charge is 0.480 e. The Kier molecular flexibility index (Phi) is 4.99. The molecule has 3 heteroatoms. The number of carboxylic acid groups (broad SMARTS) is 1. The molecule has 0 bridgehead atoms. The average molecular weight is 221 g/mol. The maximum Gasteiger partial charge on any atom is 0.320 e. The van der Waals surface area contributed by atoms with Crippen molar-refractivity contribution >= 4 is 5.97 Å². The van der Waals surface area contributed by atoms with Gasteiger partial charge < -0.3 is 10.8 Å². The first-order valence-electron chi connectivity index (χ1n) is 5.63. The molecule has 0 saturated carbocycles. The van der Waals surface area contributed by atoms with Gasteiger partial charge in [0.1, 0.15) is 6.04 Å². The number of benzene rings is 1. The van der Waals surface area contributed by atoms with Gasteiger partial charge in [0.15, 0.2) is 0 Å². The van der Waals surface area contributed by atoms with E-state index < -0.39 is 12.0 Å². The number of hydrogen-bond donors (Lipinski definition) is 2. The predicted molar refractivity (Wildman–Crippen MR) is 64.3 cm³/mol. The van der Waals surface area contributed by atoms with Crippen LogP contribution in [0.5, 0.6) is 0 Å². The first kappa shape index (κ1) is 12.7.